The highest BCUT2D eigenvalue weighted by Crippen LogP contribution is 2.38. The molecule has 96 valence electrons. The van der Waals surface area contributed by atoms with E-state index in [1.165, 1.54) is 5.57 Å². The molecule has 1 N–H and O–H groups in total. The van der Waals surface area contributed by atoms with Crippen molar-refractivity contribution in [1.29, 1.82) is 0 Å². The molecule has 1 aromatic rings. The number of rotatable bonds is 1. The van der Waals surface area contributed by atoms with Crippen molar-refractivity contribution in [2.45, 2.75) is 12.5 Å². The van der Waals surface area contributed by atoms with E-state index in [9.17, 15) is 5.11 Å². The summed E-state index contributed by atoms with van der Waals surface area (Å²) in [7, 11) is 0. The zero-order valence-electron chi connectivity index (χ0n) is 10.5. The molecule has 0 spiro atoms. The average molecular weight is 315 g/mol. The van der Waals surface area contributed by atoms with E-state index in [4.69, 9.17) is 0 Å². The van der Waals surface area contributed by atoms with Gasteiger partial charge in [-0.25, -0.2) is 0 Å². The second-order valence-electron chi connectivity index (χ2n) is 4.76. The second-order valence-corrected chi connectivity index (χ2v) is 5.33. The number of allylic oxidation sites excluding steroid dienone is 7. The van der Waals surface area contributed by atoms with Crippen molar-refractivity contribution in [2.75, 3.05) is 5.33 Å². The summed E-state index contributed by atoms with van der Waals surface area (Å²) in [4.78, 5) is 0. The molecule has 19 heavy (non-hydrogen) atoms. The lowest BCUT2D eigenvalue weighted by Crippen LogP contribution is -2.04. The van der Waals surface area contributed by atoms with Crippen LogP contribution in [0.4, 0.5) is 0 Å². The Morgan fingerprint density at radius 2 is 2.05 bits per heavy atom. The lowest BCUT2D eigenvalue weighted by Gasteiger charge is -2.16. The maximum absolute atomic E-state index is 10.7. The van der Waals surface area contributed by atoms with Gasteiger partial charge in [0.05, 0.1) is 0 Å². The number of hydrogen-bond acceptors (Lipinski definition) is 1. The van der Waals surface area contributed by atoms with Crippen LogP contribution in [0.1, 0.15) is 23.7 Å². The number of aliphatic hydroxyl groups excluding tert-OH is 1. The van der Waals surface area contributed by atoms with Crippen LogP contribution in [0, 0.1) is 0 Å². The van der Waals surface area contributed by atoms with Crippen LogP contribution in [0.15, 0.2) is 65.8 Å². The van der Waals surface area contributed by atoms with Crippen LogP contribution in [-0.4, -0.2) is 10.4 Å². The highest BCUT2D eigenvalue weighted by molar-refractivity contribution is 9.09. The highest BCUT2D eigenvalue weighted by atomic mass is 79.9. The summed E-state index contributed by atoms with van der Waals surface area (Å²) in [6.45, 7) is 0. The molecule has 2 heteroatoms. The van der Waals surface area contributed by atoms with Gasteiger partial charge in [0.2, 0.25) is 0 Å². The lowest BCUT2D eigenvalue weighted by atomic mass is 9.94. The molecule has 0 aliphatic heterocycles. The zero-order valence-corrected chi connectivity index (χ0v) is 12.1. The van der Waals surface area contributed by atoms with E-state index < -0.39 is 6.10 Å². The predicted molar refractivity (Wildman–Crippen MR) is 83.1 cm³/mol. The fourth-order valence-electron chi connectivity index (χ4n) is 2.66. The van der Waals surface area contributed by atoms with E-state index in [1.54, 1.807) is 0 Å². The molecule has 0 heterocycles. The van der Waals surface area contributed by atoms with Crippen molar-refractivity contribution >= 4 is 21.5 Å². The first-order valence-electron chi connectivity index (χ1n) is 6.41. The van der Waals surface area contributed by atoms with Crippen molar-refractivity contribution in [3.05, 3.63) is 76.9 Å². The summed E-state index contributed by atoms with van der Waals surface area (Å²) < 4.78 is 0. The smallest absolute Gasteiger partial charge is 0.102 e. The minimum absolute atomic E-state index is 0.522. The molecular weight excluding hydrogens is 300 g/mol. The van der Waals surface area contributed by atoms with Crippen LogP contribution in [-0.2, 0) is 0 Å². The Kier molecular flexibility index (Phi) is 3.54. The van der Waals surface area contributed by atoms with E-state index in [0.717, 1.165) is 34.0 Å². The van der Waals surface area contributed by atoms with E-state index in [1.807, 2.05) is 30.4 Å². The van der Waals surface area contributed by atoms with Crippen LogP contribution in [0.25, 0.3) is 5.57 Å². The number of benzene rings is 1. The van der Waals surface area contributed by atoms with Crippen molar-refractivity contribution < 1.29 is 5.11 Å². The third-order valence-electron chi connectivity index (χ3n) is 3.64. The summed E-state index contributed by atoms with van der Waals surface area (Å²) in [5.41, 5.74) is 5.56. The number of alkyl halides is 1. The number of hydrogen-bond donors (Lipinski definition) is 1. The molecule has 3 rings (SSSR count). The Bertz CT molecular complexity index is 620. The van der Waals surface area contributed by atoms with E-state index in [0.29, 0.717) is 0 Å². The lowest BCUT2D eigenvalue weighted by molar-refractivity contribution is 0.212. The number of halogens is 1. The van der Waals surface area contributed by atoms with Crippen LogP contribution in [0.3, 0.4) is 0 Å². The molecule has 0 radical (unpaired) electrons. The maximum atomic E-state index is 10.7. The normalized spacial score (nSPS) is 21.4. The minimum Gasteiger partial charge on any atom is -0.384 e. The Labute approximate surface area is 121 Å². The molecule has 0 saturated heterocycles. The van der Waals surface area contributed by atoms with E-state index in [-0.39, 0.29) is 0 Å². The molecule has 1 aromatic carbocycles. The van der Waals surface area contributed by atoms with Gasteiger partial charge in [-0.3, -0.25) is 0 Å². The summed E-state index contributed by atoms with van der Waals surface area (Å²) in [5, 5.41) is 11.5. The highest BCUT2D eigenvalue weighted by Gasteiger charge is 2.23. The first-order valence-corrected chi connectivity index (χ1v) is 7.53. The average Bonchev–Trinajstić information content (AvgIpc) is 2.73. The molecule has 1 atom stereocenters. The third kappa shape index (κ3) is 2.26. The Hall–Kier alpha value is -1.38. The topological polar surface area (TPSA) is 20.2 Å². The van der Waals surface area contributed by atoms with Crippen molar-refractivity contribution in [2.24, 2.45) is 0 Å². The second kappa shape index (κ2) is 5.32. The zero-order chi connectivity index (χ0) is 13.2. The van der Waals surface area contributed by atoms with Crippen LogP contribution < -0.4 is 0 Å². The molecule has 1 unspecified atom stereocenters. The van der Waals surface area contributed by atoms with Gasteiger partial charge in [0.25, 0.3) is 0 Å². The summed E-state index contributed by atoms with van der Waals surface area (Å²) in [6.07, 6.45) is 10.7. The molecule has 2 aliphatic rings. The standard InChI is InChI=1S/C17H15BrO/c18-11-13-10-12-6-2-1-3-8-15(12)17(19)16-9-5-4-7-14(13)16/h1-7,9-10,17,19H,8,11H2. The monoisotopic (exact) mass is 314 g/mol. The van der Waals surface area contributed by atoms with Crippen LogP contribution in [0.5, 0.6) is 0 Å². The van der Waals surface area contributed by atoms with Gasteiger partial charge in [-0.15, -0.1) is 0 Å². The fourth-order valence-corrected chi connectivity index (χ4v) is 3.12. The van der Waals surface area contributed by atoms with Gasteiger partial charge in [0, 0.05) is 5.33 Å². The van der Waals surface area contributed by atoms with Gasteiger partial charge in [0.15, 0.2) is 0 Å². The molecule has 0 fully saturated rings. The molecule has 0 bridgehead atoms. The first kappa shape index (κ1) is 12.6. The molecule has 0 aromatic heterocycles. The van der Waals surface area contributed by atoms with Gasteiger partial charge in [0.1, 0.15) is 6.10 Å². The Balaban J connectivity index is 2.23. The van der Waals surface area contributed by atoms with Gasteiger partial charge >= 0.3 is 0 Å². The Morgan fingerprint density at radius 1 is 1.21 bits per heavy atom. The molecule has 2 aliphatic carbocycles. The van der Waals surface area contributed by atoms with Gasteiger partial charge < -0.3 is 5.11 Å². The molecule has 0 amide bonds. The van der Waals surface area contributed by atoms with E-state index in [2.05, 4.69) is 40.2 Å². The molecule has 1 nitrogen and oxygen atoms in total. The van der Waals surface area contributed by atoms with Crippen LogP contribution in [0.2, 0.25) is 0 Å². The first-order chi connectivity index (χ1) is 9.31. The minimum atomic E-state index is -0.522. The third-order valence-corrected chi connectivity index (χ3v) is 4.24. The summed E-state index contributed by atoms with van der Waals surface area (Å²) >= 11 is 3.56. The van der Waals surface area contributed by atoms with E-state index >= 15 is 0 Å². The van der Waals surface area contributed by atoms with Crippen molar-refractivity contribution in [3.63, 3.8) is 0 Å². The van der Waals surface area contributed by atoms with Crippen molar-refractivity contribution in [1.82, 2.24) is 0 Å². The SMILES string of the molecule is OC1C2=C(C=CC=CC2)C=C(CBr)c2ccccc21. The fraction of sp³-hybridized carbons (Fsp3) is 0.176. The van der Waals surface area contributed by atoms with Crippen LogP contribution >= 0.6 is 15.9 Å². The van der Waals surface area contributed by atoms with Gasteiger partial charge in [-0.05, 0) is 34.3 Å². The maximum Gasteiger partial charge on any atom is 0.102 e. The number of fused-ring (bicyclic) bond motifs is 1. The Morgan fingerprint density at radius 3 is 2.89 bits per heavy atom. The van der Waals surface area contributed by atoms with Gasteiger partial charge in [-0.2, -0.15) is 0 Å². The molecule has 0 saturated carbocycles. The largest absolute Gasteiger partial charge is 0.384 e. The summed E-state index contributed by atoms with van der Waals surface area (Å²) in [5.74, 6) is 0. The quantitative estimate of drug-likeness (QED) is 0.765. The molecular formula is C17H15BrO. The predicted octanol–water partition coefficient (Wildman–Crippen LogP) is 4.32. The number of aliphatic hydroxyl groups is 1. The van der Waals surface area contributed by atoms with Crippen molar-refractivity contribution in [3.8, 4) is 0 Å². The van der Waals surface area contributed by atoms with Gasteiger partial charge in [-0.1, -0.05) is 70.6 Å². The summed E-state index contributed by atoms with van der Waals surface area (Å²) in [6, 6.07) is 8.11.